The zero-order valence-electron chi connectivity index (χ0n) is 11.4. The molecular formula is C14H15Cl2NO3. The zero-order chi connectivity index (χ0) is 15.1. The lowest BCUT2D eigenvalue weighted by Crippen LogP contribution is -2.43. The maximum absolute atomic E-state index is 12.5. The van der Waals surface area contributed by atoms with Crippen LogP contribution in [0.25, 0.3) is 0 Å². The molecule has 0 saturated carbocycles. The highest BCUT2D eigenvalue weighted by atomic mass is 35.5. The lowest BCUT2D eigenvalue weighted by Gasteiger charge is -2.32. The van der Waals surface area contributed by atoms with Gasteiger partial charge in [-0.05, 0) is 18.2 Å². The molecule has 0 aromatic heterocycles. The maximum Gasteiger partial charge on any atom is 0.327 e. The smallest absolute Gasteiger partial charge is 0.327 e. The Labute approximate surface area is 127 Å². The van der Waals surface area contributed by atoms with E-state index in [-0.39, 0.29) is 22.9 Å². The summed E-state index contributed by atoms with van der Waals surface area (Å²) < 4.78 is 5.24. The minimum absolute atomic E-state index is 0.0697. The first-order chi connectivity index (χ1) is 9.20. The number of rotatable bonds is 1. The zero-order valence-corrected chi connectivity index (χ0v) is 13.0. The Balaban J connectivity index is 2.34. The van der Waals surface area contributed by atoms with Crippen molar-refractivity contribution in [2.45, 2.75) is 27.0 Å². The summed E-state index contributed by atoms with van der Waals surface area (Å²) in [6, 6.07) is 4.64. The first-order valence-corrected chi connectivity index (χ1v) is 6.91. The second-order valence-corrected chi connectivity index (χ2v) is 6.61. The number of hydrogen-bond donors (Lipinski definition) is 0. The van der Waals surface area contributed by atoms with Gasteiger partial charge in [-0.1, -0.05) is 44.0 Å². The highest BCUT2D eigenvalue weighted by molar-refractivity contribution is 6.36. The summed E-state index contributed by atoms with van der Waals surface area (Å²) in [4.78, 5) is 25.5. The molecule has 2 rings (SSSR count). The van der Waals surface area contributed by atoms with Crippen LogP contribution in [0, 0.1) is 5.41 Å². The normalized spacial score (nSPS) is 19.1. The van der Waals surface area contributed by atoms with Crippen molar-refractivity contribution in [1.82, 2.24) is 4.90 Å². The quantitative estimate of drug-likeness (QED) is 0.746. The molecule has 0 bridgehead atoms. The van der Waals surface area contributed by atoms with Gasteiger partial charge in [-0.25, -0.2) is 0 Å². The van der Waals surface area contributed by atoms with Crippen LogP contribution in [0.1, 0.15) is 31.1 Å². The van der Waals surface area contributed by atoms with Crippen LogP contribution in [0.2, 0.25) is 10.0 Å². The maximum atomic E-state index is 12.5. The van der Waals surface area contributed by atoms with Crippen molar-refractivity contribution in [1.29, 1.82) is 0 Å². The van der Waals surface area contributed by atoms with Crippen molar-refractivity contribution in [3.63, 3.8) is 0 Å². The van der Waals surface area contributed by atoms with E-state index in [1.807, 2.05) is 20.8 Å². The third-order valence-electron chi connectivity index (χ3n) is 2.99. The van der Waals surface area contributed by atoms with Crippen LogP contribution in [0.15, 0.2) is 18.2 Å². The van der Waals surface area contributed by atoms with Gasteiger partial charge >= 0.3 is 5.97 Å². The van der Waals surface area contributed by atoms with Crippen molar-refractivity contribution in [3.05, 3.63) is 33.8 Å². The van der Waals surface area contributed by atoms with Gasteiger partial charge < -0.3 is 4.74 Å². The predicted molar refractivity (Wildman–Crippen MR) is 76.8 cm³/mol. The number of amides is 1. The topological polar surface area (TPSA) is 46.6 Å². The van der Waals surface area contributed by atoms with E-state index in [2.05, 4.69) is 0 Å². The molecule has 0 spiro atoms. The van der Waals surface area contributed by atoms with Gasteiger partial charge in [-0.2, -0.15) is 0 Å². The lowest BCUT2D eigenvalue weighted by molar-refractivity contribution is -0.146. The van der Waals surface area contributed by atoms with Gasteiger partial charge in [0.2, 0.25) is 0 Å². The number of carbonyl (C=O) groups is 2. The van der Waals surface area contributed by atoms with Gasteiger partial charge in [0.1, 0.15) is 6.54 Å². The largest absolute Gasteiger partial charge is 0.440 e. The third kappa shape index (κ3) is 2.91. The van der Waals surface area contributed by atoms with Crippen LogP contribution in [0.3, 0.4) is 0 Å². The van der Waals surface area contributed by atoms with Crippen molar-refractivity contribution < 1.29 is 14.3 Å². The predicted octanol–water partition coefficient (Wildman–Crippen LogP) is 3.36. The molecule has 1 atom stereocenters. The van der Waals surface area contributed by atoms with Crippen LogP contribution < -0.4 is 0 Å². The molecule has 1 unspecified atom stereocenters. The van der Waals surface area contributed by atoms with E-state index in [1.165, 1.54) is 11.0 Å². The molecule has 1 saturated heterocycles. The molecule has 1 aliphatic heterocycles. The molecule has 1 aromatic carbocycles. The van der Waals surface area contributed by atoms with Crippen LogP contribution in [0.5, 0.6) is 0 Å². The number of benzene rings is 1. The molecule has 1 aromatic rings. The van der Waals surface area contributed by atoms with E-state index in [9.17, 15) is 9.59 Å². The summed E-state index contributed by atoms with van der Waals surface area (Å²) in [7, 11) is 0. The van der Waals surface area contributed by atoms with Gasteiger partial charge in [0, 0.05) is 10.4 Å². The molecular weight excluding hydrogens is 301 g/mol. The fourth-order valence-electron chi connectivity index (χ4n) is 2.09. The number of hydrogen-bond acceptors (Lipinski definition) is 3. The highest BCUT2D eigenvalue weighted by Crippen LogP contribution is 2.32. The standard InChI is InChI=1S/C14H15Cl2NO3/c1-14(2,3)13-17(7-11(18)20-13)12(19)9-5-4-8(15)6-10(9)16/h4-6,13H,7H2,1-3H3. The molecule has 0 radical (unpaired) electrons. The highest BCUT2D eigenvalue weighted by Gasteiger charge is 2.43. The van der Waals surface area contributed by atoms with E-state index in [4.69, 9.17) is 27.9 Å². The van der Waals surface area contributed by atoms with Crippen molar-refractivity contribution in [2.75, 3.05) is 6.54 Å². The van der Waals surface area contributed by atoms with Gasteiger partial charge in [0.15, 0.2) is 6.23 Å². The third-order valence-corrected chi connectivity index (χ3v) is 3.54. The summed E-state index contributed by atoms with van der Waals surface area (Å²) in [5, 5.41) is 0.710. The average Bonchev–Trinajstić information content (AvgIpc) is 2.70. The second-order valence-electron chi connectivity index (χ2n) is 5.77. The molecule has 1 fully saturated rings. The summed E-state index contributed by atoms with van der Waals surface area (Å²) in [6.07, 6.45) is -0.603. The first kappa shape index (κ1) is 15.1. The fourth-order valence-corrected chi connectivity index (χ4v) is 2.58. The fraction of sp³-hybridized carbons (Fsp3) is 0.429. The number of nitrogens with zero attached hydrogens (tertiary/aromatic N) is 1. The summed E-state index contributed by atoms with van der Waals surface area (Å²) in [6.45, 7) is 5.64. The Morgan fingerprint density at radius 3 is 2.55 bits per heavy atom. The summed E-state index contributed by atoms with van der Waals surface area (Å²) in [5.74, 6) is -0.749. The molecule has 1 aliphatic rings. The van der Waals surface area contributed by atoms with E-state index >= 15 is 0 Å². The Morgan fingerprint density at radius 2 is 2.00 bits per heavy atom. The Bertz CT molecular complexity index is 566. The second kappa shape index (κ2) is 5.26. The molecule has 0 aliphatic carbocycles. The van der Waals surface area contributed by atoms with E-state index in [1.54, 1.807) is 12.1 Å². The van der Waals surface area contributed by atoms with Crippen molar-refractivity contribution in [3.8, 4) is 0 Å². The van der Waals surface area contributed by atoms with Crippen molar-refractivity contribution in [2.24, 2.45) is 5.41 Å². The molecule has 1 amide bonds. The minimum atomic E-state index is -0.603. The number of esters is 1. The summed E-state index contributed by atoms with van der Waals surface area (Å²) in [5.41, 5.74) is -0.0654. The van der Waals surface area contributed by atoms with E-state index < -0.39 is 12.2 Å². The van der Waals surface area contributed by atoms with Crippen LogP contribution in [0.4, 0.5) is 0 Å². The number of carbonyl (C=O) groups excluding carboxylic acids is 2. The molecule has 6 heteroatoms. The Hall–Kier alpha value is -1.26. The van der Waals surface area contributed by atoms with Crippen molar-refractivity contribution >= 4 is 35.1 Å². The average molecular weight is 316 g/mol. The Morgan fingerprint density at radius 1 is 1.35 bits per heavy atom. The number of halogens is 2. The first-order valence-electron chi connectivity index (χ1n) is 6.15. The molecule has 108 valence electrons. The number of cyclic esters (lactones) is 1. The van der Waals surface area contributed by atoms with Crippen LogP contribution >= 0.6 is 23.2 Å². The number of ether oxygens (including phenoxy) is 1. The molecule has 20 heavy (non-hydrogen) atoms. The molecule has 1 heterocycles. The molecule has 4 nitrogen and oxygen atoms in total. The van der Waals surface area contributed by atoms with Gasteiger partial charge in [-0.3, -0.25) is 14.5 Å². The Kier molecular flexibility index (Phi) is 3.98. The van der Waals surface area contributed by atoms with E-state index in [0.29, 0.717) is 10.6 Å². The van der Waals surface area contributed by atoms with Gasteiger partial charge in [-0.15, -0.1) is 0 Å². The molecule has 0 N–H and O–H groups in total. The lowest BCUT2D eigenvalue weighted by atomic mass is 9.93. The SMILES string of the molecule is CC(C)(C)C1OC(=O)CN1C(=O)c1ccc(Cl)cc1Cl. The van der Waals surface area contributed by atoms with E-state index in [0.717, 1.165) is 0 Å². The monoisotopic (exact) mass is 315 g/mol. The van der Waals surface area contributed by atoms with Crippen LogP contribution in [-0.4, -0.2) is 29.5 Å². The van der Waals surface area contributed by atoms with Crippen LogP contribution in [-0.2, 0) is 9.53 Å². The summed E-state index contributed by atoms with van der Waals surface area (Å²) >= 11 is 11.9. The van der Waals surface area contributed by atoms with Gasteiger partial charge in [0.25, 0.3) is 5.91 Å². The van der Waals surface area contributed by atoms with Gasteiger partial charge in [0.05, 0.1) is 10.6 Å². The minimum Gasteiger partial charge on any atom is -0.440 e.